The van der Waals surface area contributed by atoms with E-state index in [0.717, 1.165) is 50.5 Å². The van der Waals surface area contributed by atoms with Gasteiger partial charge in [0.25, 0.3) is 0 Å². The number of aryl methyl sites for hydroxylation is 2. The van der Waals surface area contributed by atoms with Gasteiger partial charge in [0.05, 0.1) is 18.1 Å². The van der Waals surface area contributed by atoms with Crippen LogP contribution in [0, 0.1) is 0 Å². The third-order valence-corrected chi connectivity index (χ3v) is 3.65. The van der Waals surface area contributed by atoms with Crippen LogP contribution in [0.1, 0.15) is 11.3 Å². The smallest absolute Gasteiger partial charge is 0.147 e. The van der Waals surface area contributed by atoms with Crippen molar-refractivity contribution in [3.05, 3.63) is 54.0 Å². The molecule has 1 N–H and O–H groups in total. The minimum absolute atomic E-state index is 0.943. The molecule has 1 aromatic carbocycles. The maximum absolute atomic E-state index is 4.55. The summed E-state index contributed by atoms with van der Waals surface area (Å²) in [4.78, 5) is 11.4. The van der Waals surface area contributed by atoms with Gasteiger partial charge >= 0.3 is 0 Å². The Kier molecular flexibility index (Phi) is 4.23. The molecule has 1 aromatic heterocycles. The summed E-state index contributed by atoms with van der Waals surface area (Å²) in [5.41, 5.74) is 2.41. The highest BCUT2D eigenvalue weighted by Gasteiger charge is 2.11. The van der Waals surface area contributed by atoms with Crippen molar-refractivity contribution in [2.24, 2.45) is 0 Å². The standard InChI is InChI=1S/C16H20N4/c1-2-4-14(5-3-1)6-7-15-12-19-16(13-18-15)20-10-8-17-9-11-20/h1-5,12-13,17H,6-11H2. The number of nitrogens with one attached hydrogen (secondary N) is 1. The highest BCUT2D eigenvalue weighted by molar-refractivity contribution is 5.36. The highest BCUT2D eigenvalue weighted by Crippen LogP contribution is 2.11. The van der Waals surface area contributed by atoms with Gasteiger partial charge in [-0.2, -0.15) is 0 Å². The number of hydrogen-bond acceptors (Lipinski definition) is 4. The molecule has 1 fully saturated rings. The van der Waals surface area contributed by atoms with E-state index in [1.165, 1.54) is 5.56 Å². The second-order valence-electron chi connectivity index (χ2n) is 5.09. The van der Waals surface area contributed by atoms with Gasteiger partial charge in [-0.1, -0.05) is 30.3 Å². The molecule has 1 aliphatic heterocycles. The zero-order valence-electron chi connectivity index (χ0n) is 11.6. The van der Waals surface area contributed by atoms with E-state index in [-0.39, 0.29) is 0 Å². The van der Waals surface area contributed by atoms with Crippen LogP contribution in [0.4, 0.5) is 5.82 Å². The molecule has 0 radical (unpaired) electrons. The average Bonchev–Trinajstić information content (AvgIpc) is 2.55. The summed E-state index contributed by atoms with van der Waals surface area (Å²) in [5.74, 6) is 0.995. The number of piperazine rings is 1. The molecule has 0 amide bonds. The van der Waals surface area contributed by atoms with Crippen LogP contribution in [0.2, 0.25) is 0 Å². The lowest BCUT2D eigenvalue weighted by Crippen LogP contribution is -2.43. The molecule has 0 spiro atoms. The topological polar surface area (TPSA) is 41.1 Å². The molecule has 4 nitrogen and oxygen atoms in total. The fourth-order valence-corrected chi connectivity index (χ4v) is 2.45. The maximum Gasteiger partial charge on any atom is 0.147 e. The molecule has 2 heterocycles. The Morgan fingerprint density at radius 3 is 2.45 bits per heavy atom. The maximum atomic E-state index is 4.55. The lowest BCUT2D eigenvalue weighted by atomic mass is 10.1. The largest absolute Gasteiger partial charge is 0.353 e. The third-order valence-electron chi connectivity index (χ3n) is 3.65. The van der Waals surface area contributed by atoms with E-state index in [4.69, 9.17) is 0 Å². The van der Waals surface area contributed by atoms with E-state index in [1.54, 1.807) is 0 Å². The van der Waals surface area contributed by atoms with E-state index in [9.17, 15) is 0 Å². The predicted molar refractivity (Wildman–Crippen MR) is 81.0 cm³/mol. The van der Waals surface area contributed by atoms with Crippen LogP contribution in [0.25, 0.3) is 0 Å². The van der Waals surface area contributed by atoms with E-state index in [0.29, 0.717) is 0 Å². The summed E-state index contributed by atoms with van der Waals surface area (Å²) in [6, 6.07) is 10.5. The fraction of sp³-hybridized carbons (Fsp3) is 0.375. The second-order valence-corrected chi connectivity index (χ2v) is 5.09. The van der Waals surface area contributed by atoms with Crippen LogP contribution in [-0.4, -0.2) is 36.1 Å². The minimum atomic E-state index is 0.943. The summed E-state index contributed by atoms with van der Waals surface area (Å²) in [5, 5.41) is 3.34. The third kappa shape index (κ3) is 3.33. The molecule has 0 aliphatic carbocycles. The summed E-state index contributed by atoms with van der Waals surface area (Å²) in [6.45, 7) is 4.07. The Bertz CT molecular complexity index is 518. The first kappa shape index (κ1) is 13.1. The Morgan fingerprint density at radius 2 is 1.75 bits per heavy atom. The summed E-state index contributed by atoms with van der Waals surface area (Å²) in [7, 11) is 0. The first-order valence-electron chi connectivity index (χ1n) is 7.22. The van der Waals surface area contributed by atoms with Crippen molar-refractivity contribution in [1.29, 1.82) is 0 Å². The number of aromatic nitrogens is 2. The molecule has 4 heteroatoms. The molecule has 20 heavy (non-hydrogen) atoms. The van der Waals surface area contributed by atoms with Gasteiger partial charge in [-0.15, -0.1) is 0 Å². The molecule has 1 aliphatic rings. The Labute approximate surface area is 119 Å². The molecule has 2 aromatic rings. The van der Waals surface area contributed by atoms with Crippen molar-refractivity contribution >= 4 is 5.82 Å². The normalized spacial score (nSPS) is 15.3. The van der Waals surface area contributed by atoms with Crippen LogP contribution in [0.5, 0.6) is 0 Å². The Hall–Kier alpha value is -1.94. The first-order chi connectivity index (χ1) is 9.92. The number of anilines is 1. The summed E-state index contributed by atoms with van der Waals surface area (Å²) >= 11 is 0. The molecule has 1 saturated heterocycles. The Morgan fingerprint density at radius 1 is 0.950 bits per heavy atom. The van der Waals surface area contributed by atoms with Crippen molar-refractivity contribution in [2.75, 3.05) is 31.1 Å². The van der Waals surface area contributed by atoms with Crippen LogP contribution >= 0.6 is 0 Å². The molecule has 0 saturated carbocycles. The minimum Gasteiger partial charge on any atom is -0.353 e. The van der Waals surface area contributed by atoms with Gasteiger partial charge in [-0.3, -0.25) is 4.98 Å². The van der Waals surface area contributed by atoms with Gasteiger partial charge in [0.2, 0.25) is 0 Å². The molecule has 0 bridgehead atoms. The zero-order valence-corrected chi connectivity index (χ0v) is 11.6. The molecular formula is C16H20N4. The Balaban J connectivity index is 1.58. The summed E-state index contributed by atoms with van der Waals surface area (Å²) < 4.78 is 0. The molecule has 104 valence electrons. The molecule has 3 rings (SSSR count). The van der Waals surface area contributed by atoms with Gasteiger partial charge in [0, 0.05) is 26.2 Å². The van der Waals surface area contributed by atoms with Crippen molar-refractivity contribution < 1.29 is 0 Å². The quantitative estimate of drug-likeness (QED) is 0.916. The van der Waals surface area contributed by atoms with Crippen LogP contribution in [0.3, 0.4) is 0 Å². The van der Waals surface area contributed by atoms with Crippen molar-refractivity contribution in [2.45, 2.75) is 12.8 Å². The summed E-state index contributed by atoms with van der Waals surface area (Å²) in [6.07, 6.45) is 5.79. The van der Waals surface area contributed by atoms with E-state index < -0.39 is 0 Å². The molecule has 0 atom stereocenters. The molecular weight excluding hydrogens is 248 g/mol. The highest BCUT2D eigenvalue weighted by atomic mass is 15.2. The number of benzene rings is 1. The van der Waals surface area contributed by atoms with E-state index in [1.807, 2.05) is 18.5 Å². The van der Waals surface area contributed by atoms with Gasteiger partial charge in [-0.05, 0) is 18.4 Å². The average molecular weight is 268 g/mol. The van der Waals surface area contributed by atoms with Crippen LogP contribution in [0.15, 0.2) is 42.7 Å². The number of hydrogen-bond donors (Lipinski definition) is 1. The van der Waals surface area contributed by atoms with Crippen LogP contribution < -0.4 is 10.2 Å². The zero-order chi connectivity index (χ0) is 13.6. The molecule has 0 unspecified atom stereocenters. The SMILES string of the molecule is c1ccc(CCc2cnc(N3CCNCC3)cn2)cc1. The van der Waals surface area contributed by atoms with Gasteiger partial charge in [0.1, 0.15) is 5.82 Å². The van der Waals surface area contributed by atoms with E-state index >= 15 is 0 Å². The van der Waals surface area contributed by atoms with Gasteiger partial charge in [0.15, 0.2) is 0 Å². The van der Waals surface area contributed by atoms with E-state index in [2.05, 4.69) is 44.5 Å². The van der Waals surface area contributed by atoms with Crippen molar-refractivity contribution in [1.82, 2.24) is 15.3 Å². The number of nitrogens with zero attached hydrogens (tertiary/aromatic N) is 3. The van der Waals surface area contributed by atoms with Gasteiger partial charge < -0.3 is 10.2 Å². The number of rotatable bonds is 4. The van der Waals surface area contributed by atoms with Crippen molar-refractivity contribution in [3.63, 3.8) is 0 Å². The van der Waals surface area contributed by atoms with Gasteiger partial charge in [-0.25, -0.2) is 4.98 Å². The van der Waals surface area contributed by atoms with Crippen LogP contribution in [-0.2, 0) is 12.8 Å². The lowest BCUT2D eigenvalue weighted by molar-refractivity contribution is 0.584. The fourth-order valence-electron chi connectivity index (χ4n) is 2.45. The monoisotopic (exact) mass is 268 g/mol. The van der Waals surface area contributed by atoms with Crippen molar-refractivity contribution in [3.8, 4) is 0 Å². The first-order valence-corrected chi connectivity index (χ1v) is 7.22. The predicted octanol–water partition coefficient (Wildman–Crippen LogP) is 1.67. The second kappa shape index (κ2) is 6.48. The lowest BCUT2D eigenvalue weighted by Gasteiger charge is -2.28.